The van der Waals surface area contributed by atoms with E-state index in [9.17, 15) is 0 Å². The molecule has 2 fully saturated rings. The molecule has 0 radical (unpaired) electrons. The number of hydrogen-bond acceptors (Lipinski definition) is 4. The highest BCUT2D eigenvalue weighted by Crippen LogP contribution is 2.25. The summed E-state index contributed by atoms with van der Waals surface area (Å²) in [7, 11) is 1.84. The summed E-state index contributed by atoms with van der Waals surface area (Å²) in [4.78, 5) is 6.81. The number of rotatable bonds is 5. The maximum atomic E-state index is 4.33. The number of nitrogens with one attached hydrogen (secondary N) is 2. The molecule has 0 amide bonds. The van der Waals surface area contributed by atoms with Crippen LogP contribution < -0.4 is 15.5 Å². The second kappa shape index (κ2) is 9.47. The summed E-state index contributed by atoms with van der Waals surface area (Å²) in [6, 6.07) is 8.95. The fourth-order valence-corrected chi connectivity index (χ4v) is 5.17. The standard InChI is InChI=1S/C18H28N4S2/c1-19-18(21-14-17-3-2-10-24-17)20-13-15-4-6-16(7-5-15)22-8-11-23-12-9-22/h4-7,17H,2-3,8-14H2,1H3,(H2,19,20,21). The summed E-state index contributed by atoms with van der Waals surface area (Å²) in [5.74, 6) is 4.69. The van der Waals surface area contributed by atoms with Gasteiger partial charge in [-0.15, -0.1) is 0 Å². The third kappa shape index (κ3) is 5.24. The lowest BCUT2D eigenvalue weighted by atomic mass is 10.2. The van der Waals surface area contributed by atoms with Gasteiger partial charge in [0.05, 0.1) is 0 Å². The van der Waals surface area contributed by atoms with Crippen LogP contribution in [0, 0.1) is 0 Å². The average Bonchev–Trinajstić information content (AvgIpc) is 3.17. The maximum Gasteiger partial charge on any atom is 0.191 e. The first-order chi connectivity index (χ1) is 11.8. The van der Waals surface area contributed by atoms with Crippen LogP contribution in [0.3, 0.4) is 0 Å². The lowest BCUT2D eigenvalue weighted by molar-refractivity contribution is 0.726. The molecule has 4 nitrogen and oxygen atoms in total. The Morgan fingerprint density at radius 3 is 2.62 bits per heavy atom. The van der Waals surface area contributed by atoms with Gasteiger partial charge in [0.2, 0.25) is 0 Å². The van der Waals surface area contributed by atoms with Gasteiger partial charge >= 0.3 is 0 Å². The quantitative estimate of drug-likeness (QED) is 0.621. The Bertz CT molecular complexity index is 520. The zero-order valence-corrected chi connectivity index (χ0v) is 16.1. The Morgan fingerprint density at radius 1 is 1.17 bits per heavy atom. The molecule has 2 N–H and O–H groups in total. The summed E-state index contributed by atoms with van der Waals surface area (Å²) < 4.78 is 0. The topological polar surface area (TPSA) is 39.7 Å². The molecule has 2 saturated heterocycles. The summed E-state index contributed by atoms with van der Waals surface area (Å²) in [6.45, 7) is 4.15. The Balaban J connectivity index is 1.44. The molecule has 1 aromatic carbocycles. The van der Waals surface area contributed by atoms with Gasteiger partial charge < -0.3 is 15.5 Å². The van der Waals surface area contributed by atoms with Crippen LogP contribution in [0.25, 0.3) is 0 Å². The van der Waals surface area contributed by atoms with E-state index in [1.54, 1.807) is 0 Å². The van der Waals surface area contributed by atoms with E-state index in [0.717, 1.165) is 37.4 Å². The highest BCUT2D eigenvalue weighted by molar-refractivity contribution is 8.00. The molecule has 0 saturated carbocycles. The van der Waals surface area contributed by atoms with Gasteiger partial charge in [0.1, 0.15) is 0 Å². The third-order valence-electron chi connectivity index (χ3n) is 4.52. The van der Waals surface area contributed by atoms with Crippen LogP contribution >= 0.6 is 23.5 Å². The van der Waals surface area contributed by atoms with E-state index in [-0.39, 0.29) is 0 Å². The predicted molar refractivity (Wildman–Crippen MR) is 110 cm³/mol. The Morgan fingerprint density at radius 2 is 1.96 bits per heavy atom. The molecular formula is C18H28N4S2. The van der Waals surface area contributed by atoms with Crippen molar-refractivity contribution in [3.05, 3.63) is 29.8 Å². The summed E-state index contributed by atoms with van der Waals surface area (Å²) in [5, 5.41) is 7.61. The number of nitrogens with zero attached hydrogens (tertiary/aromatic N) is 2. The first-order valence-corrected chi connectivity index (χ1v) is 11.0. The normalized spacial score (nSPS) is 21.8. The molecule has 0 bridgehead atoms. The lowest BCUT2D eigenvalue weighted by Crippen LogP contribution is -2.39. The monoisotopic (exact) mass is 364 g/mol. The number of benzene rings is 1. The molecule has 1 aromatic rings. The third-order valence-corrected chi connectivity index (χ3v) is 6.86. The minimum atomic E-state index is 0.741. The number of thioether (sulfide) groups is 2. The van der Waals surface area contributed by atoms with Crippen LogP contribution in [0.1, 0.15) is 18.4 Å². The van der Waals surface area contributed by atoms with Gasteiger partial charge in [0, 0.05) is 55.7 Å². The van der Waals surface area contributed by atoms with Crippen molar-refractivity contribution in [2.45, 2.75) is 24.6 Å². The molecule has 6 heteroatoms. The van der Waals surface area contributed by atoms with E-state index in [1.807, 2.05) is 7.05 Å². The number of aliphatic imine (C=N–C) groups is 1. The SMILES string of the molecule is CN=C(NCc1ccc(N2CCSCC2)cc1)NCC1CCCS1. The first-order valence-electron chi connectivity index (χ1n) is 8.83. The Hall–Kier alpha value is -1.01. The second-order valence-corrected chi connectivity index (χ2v) is 8.84. The first kappa shape index (κ1) is 17.8. The fraction of sp³-hybridized carbons (Fsp3) is 0.611. The largest absolute Gasteiger partial charge is 0.370 e. The van der Waals surface area contributed by atoms with Gasteiger partial charge in [0.25, 0.3) is 0 Å². The molecular weight excluding hydrogens is 336 g/mol. The molecule has 0 spiro atoms. The number of anilines is 1. The minimum absolute atomic E-state index is 0.741. The summed E-state index contributed by atoms with van der Waals surface area (Å²) in [5.41, 5.74) is 2.64. The summed E-state index contributed by atoms with van der Waals surface area (Å²) in [6.07, 6.45) is 2.68. The molecule has 1 unspecified atom stereocenters. The average molecular weight is 365 g/mol. The second-order valence-electron chi connectivity index (χ2n) is 6.21. The van der Waals surface area contributed by atoms with Crippen molar-refractivity contribution in [1.82, 2.24) is 10.6 Å². The molecule has 2 aliphatic heterocycles. The highest BCUT2D eigenvalue weighted by atomic mass is 32.2. The molecule has 1 atom stereocenters. The van der Waals surface area contributed by atoms with Crippen molar-refractivity contribution in [3.8, 4) is 0 Å². The minimum Gasteiger partial charge on any atom is -0.370 e. The smallest absolute Gasteiger partial charge is 0.191 e. The van der Waals surface area contributed by atoms with Gasteiger partial charge in [-0.3, -0.25) is 4.99 Å². The van der Waals surface area contributed by atoms with Crippen molar-refractivity contribution >= 4 is 35.2 Å². The summed E-state index contributed by atoms with van der Waals surface area (Å²) >= 11 is 4.12. The molecule has 0 aliphatic carbocycles. The number of hydrogen-bond donors (Lipinski definition) is 2. The Labute approximate surface area is 154 Å². The van der Waals surface area contributed by atoms with Crippen LogP contribution in [-0.2, 0) is 6.54 Å². The van der Waals surface area contributed by atoms with Gasteiger partial charge in [-0.25, -0.2) is 0 Å². The van der Waals surface area contributed by atoms with E-state index < -0.39 is 0 Å². The van der Waals surface area contributed by atoms with Crippen LogP contribution in [0.4, 0.5) is 5.69 Å². The van der Waals surface area contributed by atoms with Crippen molar-refractivity contribution in [3.63, 3.8) is 0 Å². The lowest BCUT2D eigenvalue weighted by Gasteiger charge is -2.28. The zero-order chi connectivity index (χ0) is 16.6. The molecule has 24 heavy (non-hydrogen) atoms. The van der Waals surface area contributed by atoms with Crippen LogP contribution in [0.5, 0.6) is 0 Å². The van der Waals surface area contributed by atoms with E-state index in [0.29, 0.717) is 0 Å². The maximum absolute atomic E-state index is 4.33. The Kier molecular flexibility index (Phi) is 7.02. The van der Waals surface area contributed by atoms with Crippen molar-refractivity contribution in [2.75, 3.05) is 48.8 Å². The van der Waals surface area contributed by atoms with Crippen molar-refractivity contribution < 1.29 is 0 Å². The highest BCUT2D eigenvalue weighted by Gasteiger charge is 2.15. The van der Waals surface area contributed by atoms with Crippen LogP contribution in [-0.4, -0.2) is 55.1 Å². The van der Waals surface area contributed by atoms with Crippen LogP contribution in [0.2, 0.25) is 0 Å². The van der Waals surface area contributed by atoms with Gasteiger partial charge in [-0.2, -0.15) is 23.5 Å². The molecule has 0 aromatic heterocycles. The van der Waals surface area contributed by atoms with E-state index in [1.165, 1.54) is 41.4 Å². The fourth-order valence-electron chi connectivity index (χ4n) is 3.07. The van der Waals surface area contributed by atoms with Crippen LogP contribution in [0.15, 0.2) is 29.3 Å². The van der Waals surface area contributed by atoms with E-state index >= 15 is 0 Å². The zero-order valence-electron chi connectivity index (χ0n) is 14.5. The molecule has 2 aliphatic rings. The van der Waals surface area contributed by atoms with E-state index in [4.69, 9.17) is 0 Å². The van der Waals surface area contributed by atoms with E-state index in [2.05, 4.69) is 68.3 Å². The predicted octanol–water partition coefficient (Wildman–Crippen LogP) is 2.80. The molecule has 2 heterocycles. The van der Waals surface area contributed by atoms with Gasteiger partial charge in [-0.1, -0.05) is 12.1 Å². The van der Waals surface area contributed by atoms with Crippen molar-refractivity contribution in [1.29, 1.82) is 0 Å². The van der Waals surface area contributed by atoms with Gasteiger partial charge in [0.15, 0.2) is 5.96 Å². The molecule has 3 rings (SSSR count). The number of guanidine groups is 1. The molecule has 132 valence electrons. The van der Waals surface area contributed by atoms with Crippen molar-refractivity contribution in [2.24, 2.45) is 4.99 Å². The van der Waals surface area contributed by atoms with Gasteiger partial charge in [-0.05, 0) is 36.3 Å².